The maximum Gasteiger partial charge on any atom is 0.402 e. The lowest BCUT2D eigenvalue weighted by Crippen LogP contribution is -2.63. The van der Waals surface area contributed by atoms with Crippen LogP contribution in [0.15, 0.2) is 11.2 Å². The van der Waals surface area contributed by atoms with Crippen LogP contribution in [0.1, 0.15) is 31.5 Å². The van der Waals surface area contributed by atoms with E-state index in [9.17, 15) is 14.4 Å². The number of aliphatic imine (C=N–C) groups is 1. The molecule has 10 heteroatoms. The predicted molar refractivity (Wildman–Crippen MR) is 96.0 cm³/mol. The third-order valence-electron chi connectivity index (χ3n) is 5.33. The van der Waals surface area contributed by atoms with E-state index in [2.05, 4.69) is 4.99 Å². The van der Waals surface area contributed by atoms with Gasteiger partial charge in [0.25, 0.3) is 5.91 Å². The van der Waals surface area contributed by atoms with Crippen molar-refractivity contribution in [2.24, 2.45) is 4.99 Å². The molecule has 1 aromatic rings. The standard InChI is InChI=1S/C18H24N5O5/c1-4-27-13(24)10-23-16(25)14-15(20(3)18(23)26)19-17-21(11(2)8-22(14)17)9-12-6-5-7-28-12/h8,12,14H,4-7,9-10H2,1-3H3/q+1. The minimum absolute atomic E-state index is 0.119. The van der Waals surface area contributed by atoms with E-state index in [1.807, 2.05) is 17.7 Å². The summed E-state index contributed by atoms with van der Waals surface area (Å²) in [5, 5.41) is 0. The molecule has 150 valence electrons. The number of carbonyl (C=O) groups is 3. The highest BCUT2D eigenvalue weighted by molar-refractivity contribution is 6.19. The molecular weight excluding hydrogens is 366 g/mol. The zero-order valence-corrected chi connectivity index (χ0v) is 16.3. The number of aromatic nitrogens is 2. The molecular formula is C18H24N5O5+. The number of imide groups is 1. The van der Waals surface area contributed by atoms with E-state index in [4.69, 9.17) is 9.47 Å². The number of likely N-dealkylation sites (N-methyl/N-ethyl adjacent to an activating group) is 1. The summed E-state index contributed by atoms with van der Waals surface area (Å²) < 4.78 is 14.4. The maximum absolute atomic E-state index is 13.1. The lowest BCUT2D eigenvalue weighted by atomic mass is 10.1. The molecule has 0 saturated carbocycles. The first-order valence-corrected chi connectivity index (χ1v) is 9.48. The summed E-state index contributed by atoms with van der Waals surface area (Å²) in [5.74, 6) is -0.119. The second-order valence-electron chi connectivity index (χ2n) is 7.17. The second kappa shape index (κ2) is 7.01. The summed E-state index contributed by atoms with van der Waals surface area (Å²) >= 11 is 0. The number of hydrogen-bond acceptors (Lipinski definition) is 6. The number of hydrogen-bond donors (Lipinski definition) is 0. The minimum Gasteiger partial charge on any atom is -0.465 e. The molecule has 0 radical (unpaired) electrons. The van der Waals surface area contributed by atoms with Crippen molar-refractivity contribution < 1.29 is 28.4 Å². The number of nitrogens with zero attached hydrogens (tertiary/aromatic N) is 5. The lowest BCUT2D eigenvalue weighted by molar-refractivity contribution is -0.677. The quantitative estimate of drug-likeness (QED) is 0.532. The van der Waals surface area contributed by atoms with Gasteiger partial charge in [0.2, 0.25) is 11.9 Å². The number of aryl methyl sites for hydroxylation is 1. The SMILES string of the molecule is CCOC(=O)CN1C(=O)C2C(=Nc3n(CC4CCCO4)c(C)c[n+]32)N(C)C1=O. The highest BCUT2D eigenvalue weighted by atomic mass is 16.5. The van der Waals surface area contributed by atoms with Crippen molar-refractivity contribution >= 4 is 29.7 Å². The molecule has 3 aliphatic rings. The largest absolute Gasteiger partial charge is 0.465 e. The Labute approximate surface area is 162 Å². The van der Waals surface area contributed by atoms with Crippen LogP contribution >= 0.6 is 0 Å². The van der Waals surface area contributed by atoms with Gasteiger partial charge in [-0.25, -0.2) is 18.8 Å². The molecule has 0 aromatic carbocycles. The van der Waals surface area contributed by atoms with Crippen molar-refractivity contribution in [2.75, 3.05) is 26.8 Å². The van der Waals surface area contributed by atoms with Gasteiger partial charge in [-0.05, 0) is 26.7 Å². The fourth-order valence-electron chi connectivity index (χ4n) is 3.93. The van der Waals surface area contributed by atoms with Crippen LogP contribution in [-0.4, -0.2) is 71.0 Å². The van der Waals surface area contributed by atoms with Crippen molar-refractivity contribution in [2.45, 2.75) is 45.4 Å². The van der Waals surface area contributed by atoms with Crippen molar-refractivity contribution in [3.8, 4) is 0 Å². The van der Waals surface area contributed by atoms with Crippen molar-refractivity contribution in [1.29, 1.82) is 0 Å². The van der Waals surface area contributed by atoms with Crippen LogP contribution in [-0.2, 0) is 25.6 Å². The van der Waals surface area contributed by atoms with E-state index in [1.165, 1.54) is 4.90 Å². The topological polar surface area (TPSA) is 97.3 Å². The Morgan fingerprint density at radius 1 is 1.43 bits per heavy atom. The fraction of sp³-hybridized carbons (Fsp3) is 0.611. The summed E-state index contributed by atoms with van der Waals surface area (Å²) in [4.78, 5) is 44.4. The van der Waals surface area contributed by atoms with Gasteiger partial charge in [-0.2, -0.15) is 0 Å². The first-order valence-electron chi connectivity index (χ1n) is 9.48. The van der Waals surface area contributed by atoms with E-state index >= 15 is 0 Å². The van der Waals surface area contributed by atoms with Crippen LogP contribution in [0.5, 0.6) is 0 Å². The summed E-state index contributed by atoms with van der Waals surface area (Å²) in [6.45, 7) is 4.81. The molecule has 10 nitrogen and oxygen atoms in total. The molecule has 0 N–H and O–H groups in total. The average molecular weight is 390 g/mol. The summed E-state index contributed by atoms with van der Waals surface area (Å²) in [5.41, 5.74) is 0.956. The zero-order valence-electron chi connectivity index (χ0n) is 16.3. The van der Waals surface area contributed by atoms with Gasteiger partial charge in [-0.15, -0.1) is 0 Å². The number of fused-ring (bicyclic) bond motifs is 3. The Morgan fingerprint density at radius 3 is 2.89 bits per heavy atom. The van der Waals surface area contributed by atoms with Gasteiger partial charge in [-0.3, -0.25) is 14.5 Å². The third-order valence-corrected chi connectivity index (χ3v) is 5.33. The van der Waals surface area contributed by atoms with Crippen LogP contribution in [0.4, 0.5) is 10.7 Å². The van der Waals surface area contributed by atoms with Gasteiger partial charge >= 0.3 is 17.9 Å². The Morgan fingerprint density at radius 2 is 2.21 bits per heavy atom. The first-order chi connectivity index (χ1) is 13.4. The average Bonchev–Trinajstić information content (AvgIpc) is 3.35. The summed E-state index contributed by atoms with van der Waals surface area (Å²) in [6.07, 6.45) is 4.00. The third kappa shape index (κ3) is 2.88. The number of carbonyl (C=O) groups excluding carboxylic acids is 3. The Kier molecular flexibility index (Phi) is 4.66. The number of esters is 1. The highest BCUT2D eigenvalue weighted by Crippen LogP contribution is 2.30. The van der Waals surface area contributed by atoms with E-state index in [0.29, 0.717) is 18.3 Å². The molecule has 2 saturated heterocycles. The Hall–Kier alpha value is -2.75. The zero-order chi connectivity index (χ0) is 20.0. The monoisotopic (exact) mass is 390 g/mol. The van der Waals surface area contributed by atoms with Crippen LogP contribution in [0, 0.1) is 6.92 Å². The number of amidine groups is 1. The molecule has 4 heterocycles. The second-order valence-corrected chi connectivity index (χ2v) is 7.17. The molecule has 0 aliphatic carbocycles. The number of urea groups is 1. The Bertz CT molecular complexity index is 870. The Balaban J connectivity index is 1.66. The van der Waals surface area contributed by atoms with E-state index in [-0.39, 0.29) is 12.7 Å². The molecule has 0 spiro atoms. The first kappa shape index (κ1) is 18.6. The van der Waals surface area contributed by atoms with Crippen LogP contribution in [0.2, 0.25) is 0 Å². The molecule has 2 fully saturated rings. The number of ether oxygens (including phenoxy) is 2. The molecule has 1 aromatic heterocycles. The molecule has 2 atom stereocenters. The predicted octanol–water partition coefficient (Wildman–Crippen LogP) is 0.305. The van der Waals surface area contributed by atoms with Gasteiger partial charge in [0.1, 0.15) is 18.4 Å². The number of imidazole rings is 1. The maximum atomic E-state index is 13.1. The molecule has 0 bridgehead atoms. The fourth-order valence-corrected chi connectivity index (χ4v) is 3.93. The smallest absolute Gasteiger partial charge is 0.402 e. The molecule has 28 heavy (non-hydrogen) atoms. The summed E-state index contributed by atoms with van der Waals surface area (Å²) in [6, 6.07) is -1.35. The van der Waals surface area contributed by atoms with E-state index in [0.717, 1.165) is 30.0 Å². The molecule has 2 unspecified atom stereocenters. The van der Waals surface area contributed by atoms with E-state index < -0.39 is 30.5 Å². The van der Waals surface area contributed by atoms with Crippen molar-refractivity contribution in [1.82, 2.24) is 14.4 Å². The molecule has 3 aliphatic heterocycles. The van der Waals surface area contributed by atoms with Gasteiger partial charge in [0.15, 0.2) is 0 Å². The highest BCUT2D eigenvalue weighted by Gasteiger charge is 2.53. The van der Waals surface area contributed by atoms with Gasteiger partial charge in [-0.1, -0.05) is 4.99 Å². The van der Waals surface area contributed by atoms with Gasteiger partial charge < -0.3 is 9.47 Å². The van der Waals surface area contributed by atoms with Crippen LogP contribution in [0.3, 0.4) is 0 Å². The van der Waals surface area contributed by atoms with Crippen molar-refractivity contribution in [3.63, 3.8) is 0 Å². The number of amides is 3. The molecule has 4 rings (SSSR count). The van der Waals surface area contributed by atoms with Gasteiger partial charge in [0.05, 0.1) is 19.3 Å². The normalized spacial score (nSPS) is 23.8. The van der Waals surface area contributed by atoms with E-state index in [1.54, 1.807) is 18.5 Å². The summed E-state index contributed by atoms with van der Waals surface area (Å²) in [7, 11) is 1.56. The van der Waals surface area contributed by atoms with Crippen LogP contribution in [0.25, 0.3) is 0 Å². The molecule has 3 amide bonds. The van der Waals surface area contributed by atoms with Crippen LogP contribution < -0.4 is 4.57 Å². The minimum atomic E-state index is -0.767. The lowest BCUT2D eigenvalue weighted by Gasteiger charge is -2.32. The van der Waals surface area contributed by atoms with Crippen molar-refractivity contribution in [3.05, 3.63) is 11.9 Å². The van der Waals surface area contributed by atoms with Gasteiger partial charge in [0, 0.05) is 13.7 Å². The number of rotatable bonds is 5.